The molecule has 1 N–H and O–H groups in total. The average molecular weight is 347 g/mol. The Morgan fingerprint density at radius 2 is 2.11 bits per heavy atom. The second kappa shape index (κ2) is 5.51. The van der Waals surface area contributed by atoms with Gasteiger partial charge in [0.2, 0.25) is 0 Å². The fourth-order valence-corrected chi connectivity index (χ4v) is 2.51. The van der Waals surface area contributed by atoms with Crippen LogP contribution in [-0.2, 0) is 4.79 Å². The van der Waals surface area contributed by atoms with Crippen molar-refractivity contribution in [1.82, 2.24) is 4.90 Å². The summed E-state index contributed by atoms with van der Waals surface area (Å²) >= 11 is 9.36. The lowest BCUT2D eigenvalue weighted by Crippen LogP contribution is -2.44. The molecule has 1 saturated carbocycles. The van der Waals surface area contributed by atoms with E-state index in [-0.39, 0.29) is 11.9 Å². The third kappa shape index (κ3) is 2.92. The molecular formula is C13H13BrClNO3. The predicted molar refractivity (Wildman–Crippen MR) is 75.4 cm³/mol. The number of hydrogen-bond donors (Lipinski definition) is 1. The van der Waals surface area contributed by atoms with Crippen molar-refractivity contribution in [3.63, 3.8) is 0 Å². The number of rotatable bonds is 4. The van der Waals surface area contributed by atoms with Crippen LogP contribution >= 0.6 is 27.5 Å². The fraction of sp³-hybridized carbons (Fsp3) is 0.385. The second-order valence-corrected chi connectivity index (χ2v) is 5.79. The van der Waals surface area contributed by atoms with E-state index < -0.39 is 12.0 Å². The Kier molecular flexibility index (Phi) is 4.16. The van der Waals surface area contributed by atoms with Gasteiger partial charge in [-0.05, 0) is 47.8 Å². The first-order valence-corrected chi connectivity index (χ1v) is 7.10. The molecule has 4 nitrogen and oxygen atoms in total. The average Bonchev–Trinajstić information content (AvgIpc) is 3.17. The fourth-order valence-electron chi connectivity index (χ4n) is 1.94. The van der Waals surface area contributed by atoms with Crippen molar-refractivity contribution >= 4 is 39.4 Å². The minimum atomic E-state index is -1.01. The third-order valence-corrected chi connectivity index (χ3v) is 4.43. The molecule has 1 aliphatic rings. The summed E-state index contributed by atoms with van der Waals surface area (Å²) in [5, 5.41) is 9.43. The van der Waals surface area contributed by atoms with Crippen molar-refractivity contribution in [2.45, 2.75) is 31.8 Å². The normalized spacial score (nSPS) is 15.9. The van der Waals surface area contributed by atoms with Gasteiger partial charge >= 0.3 is 5.97 Å². The van der Waals surface area contributed by atoms with E-state index in [0.717, 1.165) is 12.8 Å². The number of aliphatic carboxylic acids is 1. The zero-order chi connectivity index (χ0) is 14.2. The Balaban J connectivity index is 2.34. The molecule has 0 aromatic heterocycles. The molecule has 2 rings (SSSR count). The Hall–Kier alpha value is -1.07. The summed E-state index contributed by atoms with van der Waals surface area (Å²) < 4.78 is 0.624. The first-order chi connectivity index (χ1) is 8.93. The number of carboxylic acids is 1. The summed E-state index contributed by atoms with van der Waals surface area (Å²) in [5.41, 5.74) is 0.330. The SMILES string of the molecule is CC(C(=O)O)N(C(=O)c1cccc(Br)c1Cl)C1CC1. The minimum Gasteiger partial charge on any atom is -0.480 e. The van der Waals surface area contributed by atoms with E-state index in [2.05, 4.69) is 15.9 Å². The van der Waals surface area contributed by atoms with Gasteiger partial charge in [0.1, 0.15) is 6.04 Å². The van der Waals surface area contributed by atoms with Gasteiger partial charge in [0.05, 0.1) is 10.6 Å². The Labute approximate surface area is 124 Å². The lowest BCUT2D eigenvalue weighted by atomic mass is 10.1. The molecule has 0 spiro atoms. The van der Waals surface area contributed by atoms with E-state index in [1.165, 1.54) is 11.8 Å². The van der Waals surface area contributed by atoms with Crippen LogP contribution in [0.15, 0.2) is 22.7 Å². The molecule has 1 aliphatic carbocycles. The summed E-state index contributed by atoms with van der Waals surface area (Å²) in [5.74, 6) is -1.34. The molecule has 102 valence electrons. The predicted octanol–water partition coefficient (Wildman–Crippen LogP) is 3.18. The Morgan fingerprint density at radius 3 is 2.63 bits per heavy atom. The van der Waals surface area contributed by atoms with Crippen LogP contribution in [0.25, 0.3) is 0 Å². The quantitative estimate of drug-likeness (QED) is 0.911. The summed E-state index contributed by atoms with van der Waals surface area (Å²) in [6.07, 6.45) is 1.68. The van der Waals surface area contributed by atoms with Gasteiger partial charge in [0.25, 0.3) is 5.91 Å². The van der Waals surface area contributed by atoms with Gasteiger partial charge in [-0.3, -0.25) is 4.79 Å². The standard InChI is InChI=1S/C13H13BrClNO3/c1-7(13(18)19)16(8-5-6-8)12(17)9-3-2-4-10(14)11(9)15/h2-4,7-8H,5-6H2,1H3,(H,18,19). The van der Waals surface area contributed by atoms with Crippen molar-refractivity contribution in [2.24, 2.45) is 0 Å². The molecule has 1 unspecified atom stereocenters. The molecule has 0 radical (unpaired) electrons. The highest BCUT2D eigenvalue weighted by Gasteiger charge is 2.39. The number of carboxylic acid groups (broad SMARTS) is 1. The molecule has 1 atom stereocenters. The number of benzene rings is 1. The van der Waals surface area contributed by atoms with E-state index in [1.54, 1.807) is 18.2 Å². The molecule has 6 heteroatoms. The van der Waals surface area contributed by atoms with E-state index in [1.807, 2.05) is 0 Å². The molecule has 0 heterocycles. The summed E-state index contributed by atoms with van der Waals surface area (Å²) in [6, 6.07) is 4.21. The maximum absolute atomic E-state index is 12.5. The molecule has 0 aliphatic heterocycles. The van der Waals surface area contributed by atoms with Crippen molar-refractivity contribution in [3.8, 4) is 0 Å². The van der Waals surface area contributed by atoms with Gasteiger partial charge in [0, 0.05) is 10.5 Å². The zero-order valence-corrected chi connectivity index (χ0v) is 12.6. The Bertz CT molecular complexity index is 531. The van der Waals surface area contributed by atoms with Gasteiger partial charge in [-0.25, -0.2) is 4.79 Å². The van der Waals surface area contributed by atoms with Crippen molar-refractivity contribution in [3.05, 3.63) is 33.3 Å². The number of carbonyl (C=O) groups is 2. The second-order valence-electron chi connectivity index (χ2n) is 4.56. The first kappa shape index (κ1) is 14.3. The smallest absolute Gasteiger partial charge is 0.326 e. The van der Waals surface area contributed by atoms with Crippen LogP contribution in [0.1, 0.15) is 30.1 Å². The monoisotopic (exact) mass is 345 g/mol. The number of halogens is 2. The van der Waals surface area contributed by atoms with Crippen LogP contribution in [-0.4, -0.2) is 34.0 Å². The Morgan fingerprint density at radius 1 is 1.47 bits per heavy atom. The molecule has 1 aromatic rings. The lowest BCUT2D eigenvalue weighted by molar-refractivity contribution is -0.141. The van der Waals surface area contributed by atoms with Gasteiger partial charge in [0.15, 0.2) is 0 Å². The topological polar surface area (TPSA) is 57.6 Å². The van der Waals surface area contributed by atoms with E-state index in [9.17, 15) is 9.59 Å². The summed E-state index contributed by atoms with van der Waals surface area (Å²) in [4.78, 5) is 25.0. The van der Waals surface area contributed by atoms with Crippen LogP contribution in [0.5, 0.6) is 0 Å². The summed E-state index contributed by atoms with van der Waals surface area (Å²) in [6.45, 7) is 1.52. The number of carbonyl (C=O) groups excluding carboxylic acids is 1. The van der Waals surface area contributed by atoms with Crippen LogP contribution in [0.4, 0.5) is 0 Å². The highest BCUT2D eigenvalue weighted by atomic mass is 79.9. The van der Waals surface area contributed by atoms with E-state index >= 15 is 0 Å². The van der Waals surface area contributed by atoms with E-state index in [4.69, 9.17) is 16.7 Å². The number of nitrogens with zero attached hydrogens (tertiary/aromatic N) is 1. The molecule has 0 saturated heterocycles. The molecule has 1 amide bonds. The molecule has 1 aromatic carbocycles. The largest absolute Gasteiger partial charge is 0.480 e. The molecular weight excluding hydrogens is 334 g/mol. The maximum Gasteiger partial charge on any atom is 0.326 e. The van der Waals surface area contributed by atoms with Crippen LogP contribution < -0.4 is 0 Å². The van der Waals surface area contributed by atoms with Gasteiger partial charge < -0.3 is 10.0 Å². The molecule has 19 heavy (non-hydrogen) atoms. The molecule has 1 fully saturated rings. The zero-order valence-electron chi connectivity index (χ0n) is 10.3. The summed E-state index contributed by atoms with van der Waals surface area (Å²) in [7, 11) is 0. The van der Waals surface area contributed by atoms with Crippen LogP contribution in [0.3, 0.4) is 0 Å². The number of hydrogen-bond acceptors (Lipinski definition) is 2. The van der Waals surface area contributed by atoms with Gasteiger partial charge in [-0.1, -0.05) is 17.7 Å². The van der Waals surface area contributed by atoms with Crippen molar-refractivity contribution < 1.29 is 14.7 Å². The highest BCUT2D eigenvalue weighted by Crippen LogP contribution is 2.33. The lowest BCUT2D eigenvalue weighted by Gasteiger charge is -2.27. The van der Waals surface area contributed by atoms with Crippen molar-refractivity contribution in [2.75, 3.05) is 0 Å². The molecule has 0 bridgehead atoms. The van der Waals surface area contributed by atoms with Gasteiger partial charge in [-0.15, -0.1) is 0 Å². The van der Waals surface area contributed by atoms with Crippen LogP contribution in [0, 0.1) is 0 Å². The van der Waals surface area contributed by atoms with E-state index in [0.29, 0.717) is 15.1 Å². The third-order valence-electron chi connectivity index (χ3n) is 3.13. The van der Waals surface area contributed by atoms with Crippen molar-refractivity contribution in [1.29, 1.82) is 0 Å². The first-order valence-electron chi connectivity index (χ1n) is 5.93. The van der Waals surface area contributed by atoms with Gasteiger partial charge in [-0.2, -0.15) is 0 Å². The van der Waals surface area contributed by atoms with Crippen LogP contribution in [0.2, 0.25) is 5.02 Å². The highest BCUT2D eigenvalue weighted by molar-refractivity contribution is 9.10. The maximum atomic E-state index is 12.5. The minimum absolute atomic E-state index is 0.00801. The number of amides is 1.